The molecule has 0 atom stereocenters. The molecule has 0 spiro atoms. The van der Waals surface area contributed by atoms with Crippen LogP contribution in [0.2, 0.25) is 0 Å². The minimum atomic E-state index is -0.0436. The summed E-state index contributed by atoms with van der Waals surface area (Å²) < 4.78 is 3.84. The smallest absolute Gasteiger partial charge is 0.317 e. The van der Waals surface area contributed by atoms with Crippen LogP contribution < -0.4 is 5.32 Å². The SMILES string of the molecule is Cn1cnnc1C1CCN(C(=O)NCc2cn(-c3ccccc3)nc2-c2ccccc2)CC1. The standard InChI is InChI=1S/C25H27N7O/c1-30-18-27-28-24(30)20-12-14-31(15-13-20)25(33)26-16-21-17-32(22-10-6-3-7-11-22)29-23(21)19-8-4-2-5-9-19/h2-11,17-18,20H,12-16H2,1H3,(H,26,33). The van der Waals surface area contributed by atoms with Gasteiger partial charge in [0.15, 0.2) is 0 Å². The van der Waals surface area contributed by atoms with E-state index in [1.807, 2.05) is 88.1 Å². The molecule has 0 saturated carbocycles. The molecule has 0 radical (unpaired) electrons. The number of nitrogens with one attached hydrogen (secondary N) is 1. The number of para-hydroxylation sites is 1. The van der Waals surface area contributed by atoms with Crippen LogP contribution in [0.5, 0.6) is 0 Å². The van der Waals surface area contributed by atoms with E-state index < -0.39 is 0 Å². The number of aryl methyl sites for hydroxylation is 1. The van der Waals surface area contributed by atoms with Crippen molar-refractivity contribution in [2.24, 2.45) is 7.05 Å². The lowest BCUT2D eigenvalue weighted by atomic mass is 9.96. The van der Waals surface area contributed by atoms with Gasteiger partial charge in [-0.25, -0.2) is 9.48 Å². The number of urea groups is 1. The summed E-state index contributed by atoms with van der Waals surface area (Å²) in [5.41, 5.74) is 3.87. The van der Waals surface area contributed by atoms with E-state index in [-0.39, 0.29) is 6.03 Å². The first-order valence-electron chi connectivity index (χ1n) is 11.2. The fourth-order valence-corrected chi connectivity index (χ4v) is 4.38. The fourth-order valence-electron chi connectivity index (χ4n) is 4.38. The fraction of sp³-hybridized carbons (Fsp3) is 0.280. The van der Waals surface area contributed by atoms with Crippen LogP contribution in [0.15, 0.2) is 73.2 Å². The van der Waals surface area contributed by atoms with E-state index in [1.165, 1.54) is 0 Å². The number of piperidine rings is 1. The molecule has 33 heavy (non-hydrogen) atoms. The molecule has 1 N–H and O–H groups in total. The lowest BCUT2D eigenvalue weighted by molar-refractivity contribution is 0.179. The van der Waals surface area contributed by atoms with Crippen LogP contribution >= 0.6 is 0 Å². The molecular weight excluding hydrogens is 414 g/mol. The first-order valence-corrected chi connectivity index (χ1v) is 11.2. The van der Waals surface area contributed by atoms with Crippen LogP contribution in [0.25, 0.3) is 16.9 Å². The molecule has 0 aliphatic carbocycles. The van der Waals surface area contributed by atoms with Gasteiger partial charge >= 0.3 is 6.03 Å². The Bertz CT molecular complexity index is 1210. The van der Waals surface area contributed by atoms with E-state index in [4.69, 9.17) is 5.10 Å². The molecule has 1 fully saturated rings. The van der Waals surface area contributed by atoms with E-state index in [0.717, 1.165) is 41.2 Å². The van der Waals surface area contributed by atoms with Crippen LogP contribution in [0, 0.1) is 0 Å². The lowest BCUT2D eigenvalue weighted by Crippen LogP contribution is -2.44. The van der Waals surface area contributed by atoms with E-state index in [0.29, 0.717) is 25.6 Å². The van der Waals surface area contributed by atoms with Crippen molar-refractivity contribution in [1.29, 1.82) is 0 Å². The third-order valence-corrected chi connectivity index (χ3v) is 6.18. The predicted molar refractivity (Wildman–Crippen MR) is 126 cm³/mol. The molecule has 8 heteroatoms. The minimum Gasteiger partial charge on any atom is -0.334 e. The average molecular weight is 442 g/mol. The van der Waals surface area contributed by atoms with Gasteiger partial charge in [0.2, 0.25) is 0 Å². The second kappa shape index (κ2) is 9.28. The Morgan fingerprint density at radius 3 is 2.39 bits per heavy atom. The summed E-state index contributed by atoms with van der Waals surface area (Å²) >= 11 is 0. The molecule has 0 bridgehead atoms. The second-order valence-electron chi connectivity index (χ2n) is 8.37. The monoisotopic (exact) mass is 441 g/mol. The molecule has 5 rings (SSSR count). The molecule has 2 aromatic carbocycles. The maximum atomic E-state index is 12.9. The topological polar surface area (TPSA) is 80.9 Å². The largest absolute Gasteiger partial charge is 0.334 e. The van der Waals surface area contributed by atoms with Gasteiger partial charge < -0.3 is 14.8 Å². The molecular formula is C25H27N7O. The van der Waals surface area contributed by atoms with Gasteiger partial charge in [0.05, 0.1) is 11.4 Å². The summed E-state index contributed by atoms with van der Waals surface area (Å²) in [6.07, 6.45) is 5.51. The molecule has 2 aromatic heterocycles. The summed E-state index contributed by atoms with van der Waals surface area (Å²) in [7, 11) is 1.97. The zero-order chi connectivity index (χ0) is 22.6. The van der Waals surface area contributed by atoms with Gasteiger partial charge in [-0.15, -0.1) is 10.2 Å². The van der Waals surface area contributed by atoms with E-state index in [1.54, 1.807) is 6.33 Å². The Morgan fingerprint density at radius 2 is 1.73 bits per heavy atom. The highest BCUT2D eigenvalue weighted by atomic mass is 16.2. The summed E-state index contributed by atoms with van der Waals surface area (Å²) in [6.45, 7) is 1.83. The highest BCUT2D eigenvalue weighted by molar-refractivity contribution is 5.75. The average Bonchev–Trinajstić information content (AvgIpc) is 3.50. The highest BCUT2D eigenvalue weighted by Crippen LogP contribution is 2.27. The number of hydrogen-bond acceptors (Lipinski definition) is 4. The van der Waals surface area contributed by atoms with Crippen LogP contribution in [0.3, 0.4) is 0 Å². The highest BCUT2D eigenvalue weighted by Gasteiger charge is 2.26. The van der Waals surface area contributed by atoms with Crippen molar-refractivity contribution < 1.29 is 4.79 Å². The van der Waals surface area contributed by atoms with Crippen molar-refractivity contribution in [2.45, 2.75) is 25.3 Å². The van der Waals surface area contributed by atoms with Gasteiger partial charge in [-0.05, 0) is 25.0 Å². The Labute approximate surface area is 192 Å². The van der Waals surface area contributed by atoms with Gasteiger partial charge in [-0.3, -0.25) is 0 Å². The zero-order valence-electron chi connectivity index (χ0n) is 18.6. The molecule has 1 aliphatic rings. The van der Waals surface area contributed by atoms with E-state index >= 15 is 0 Å². The van der Waals surface area contributed by atoms with Crippen LogP contribution in [0.1, 0.15) is 30.1 Å². The van der Waals surface area contributed by atoms with Gasteiger partial charge in [0.1, 0.15) is 12.2 Å². The van der Waals surface area contributed by atoms with Crippen molar-refractivity contribution >= 4 is 6.03 Å². The second-order valence-corrected chi connectivity index (χ2v) is 8.37. The van der Waals surface area contributed by atoms with Crippen LogP contribution in [-0.2, 0) is 13.6 Å². The Morgan fingerprint density at radius 1 is 1.03 bits per heavy atom. The molecule has 1 saturated heterocycles. The van der Waals surface area contributed by atoms with Crippen molar-refractivity contribution in [3.8, 4) is 16.9 Å². The normalized spacial score (nSPS) is 14.4. The number of nitrogens with zero attached hydrogens (tertiary/aromatic N) is 6. The minimum absolute atomic E-state index is 0.0436. The Balaban J connectivity index is 1.28. The first-order chi connectivity index (χ1) is 16.2. The van der Waals surface area contributed by atoms with E-state index in [9.17, 15) is 4.79 Å². The first kappa shape index (κ1) is 20.9. The lowest BCUT2D eigenvalue weighted by Gasteiger charge is -2.31. The number of hydrogen-bond donors (Lipinski definition) is 1. The van der Waals surface area contributed by atoms with Gasteiger partial charge in [-0.2, -0.15) is 5.10 Å². The predicted octanol–water partition coefficient (Wildman–Crippen LogP) is 3.76. The zero-order valence-corrected chi connectivity index (χ0v) is 18.6. The van der Waals surface area contributed by atoms with Crippen LogP contribution in [-0.4, -0.2) is 48.6 Å². The molecule has 3 heterocycles. The number of rotatable bonds is 5. The molecule has 4 aromatic rings. The number of aromatic nitrogens is 5. The summed E-state index contributed by atoms with van der Waals surface area (Å²) in [4.78, 5) is 14.8. The maximum absolute atomic E-state index is 12.9. The quantitative estimate of drug-likeness (QED) is 0.511. The third kappa shape index (κ3) is 4.50. The maximum Gasteiger partial charge on any atom is 0.317 e. The Kier molecular flexibility index (Phi) is 5.89. The number of likely N-dealkylation sites (tertiary alicyclic amines) is 1. The van der Waals surface area contributed by atoms with Gasteiger partial charge in [-0.1, -0.05) is 48.5 Å². The third-order valence-electron chi connectivity index (χ3n) is 6.18. The summed E-state index contributed by atoms with van der Waals surface area (Å²) in [6, 6.07) is 20.0. The van der Waals surface area contributed by atoms with Crippen molar-refractivity contribution in [3.05, 3.63) is 84.6 Å². The summed E-state index contributed by atoms with van der Waals surface area (Å²) in [5, 5.41) is 16.1. The molecule has 8 nitrogen and oxygen atoms in total. The van der Waals surface area contributed by atoms with E-state index in [2.05, 4.69) is 15.5 Å². The number of benzene rings is 2. The van der Waals surface area contributed by atoms with Crippen molar-refractivity contribution in [3.63, 3.8) is 0 Å². The Hall–Kier alpha value is -3.94. The molecule has 0 unspecified atom stereocenters. The number of carbonyl (C=O) groups is 1. The van der Waals surface area contributed by atoms with Crippen LogP contribution in [0.4, 0.5) is 4.79 Å². The van der Waals surface area contributed by atoms with Gasteiger partial charge in [0.25, 0.3) is 0 Å². The summed E-state index contributed by atoms with van der Waals surface area (Å²) in [5.74, 6) is 1.34. The number of amides is 2. The number of carbonyl (C=O) groups excluding carboxylic acids is 1. The van der Waals surface area contributed by atoms with Gasteiger partial charge in [0, 0.05) is 49.9 Å². The molecule has 2 amide bonds. The van der Waals surface area contributed by atoms with Crippen molar-refractivity contribution in [2.75, 3.05) is 13.1 Å². The molecule has 1 aliphatic heterocycles. The molecule has 168 valence electrons. The van der Waals surface area contributed by atoms with Crippen molar-refractivity contribution in [1.82, 2.24) is 34.8 Å².